The number of H-pyrrole nitrogens is 2. The molecule has 180 valence electrons. The number of rotatable bonds is 0. The summed E-state index contributed by atoms with van der Waals surface area (Å²) in [6, 6.07) is 16.0. The molecule has 3 heterocycles. The first kappa shape index (κ1) is 22.7. The molecule has 0 radical (unpaired) electrons. The Morgan fingerprint density at radius 1 is 0.686 bits per heavy atom. The molecule has 0 aliphatic carbocycles. The maximum absolute atomic E-state index is 12.8. The second-order valence-corrected chi connectivity index (χ2v) is 9.32. The minimum absolute atomic E-state index is 0.137. The third-order valence-electron chi connectivity index (χ3n) is 6.62. The second-order valence-electron chi connectivity index (χ2n) is 9.32. The maximum atomic E-state index is 12.8. The van der Waals surface area contributed by atoms with Gasteiger partial charge >= 0.3 is 0 Å². The van der Waals surface area contributed by atoms with E-state index in [4.69, 9.17) is 0 Å². The molecule has 2 aromatic carbocycles. The second kappa shape index (κ2) is 9.29. The van der Waals surface area contributed by atoms with E-state index >= 15 is 0 Å². The van der Waals surface area contributed by atoms with Crippen molar-refractivity contribution in [3.05, 3.63) is 59.7 Å². The van der Waals surface area contributed by atoms with Crippen molar-refractivity contribution in [2.45, 2.75) is 32.7 Å². The molecule has 2 atom stereocenters. The lowest BCUT2D eigenvalue weighted by Gasteiger charge is -2.17. The highest BCUT2D eigenvalue weighted by molar-refractivity contribution is 5.97. The Morgan fingerprint density at radius 2 is 1.23 bits per heavy atom. The molecule has 0 saturated heterocycles. The number of hydrogen-bond acceptors (Lipinski definition) is 3. The summed E-state index contributed by atoms with van der Waals surface area (Å²) in [4.78, 5) is 44.6. The van der Waals surface area contributed by atoms with E-state index in [1.165, 1.54) is 0 Å². The summed E-state index contributed by atoms with van der Waals surface area (Å²) < 4.78 is 0. The first-order chi connectivity index (χ1) is 16.9. The van der Waals surface area contributed by atoms with Crippen molar-refractivity contribution in [1.82, 2.24) is 25.9 Å². The summed E-state index contributed by atoms with van der Waals surface area (Å²) in [5.74, 6) is -1.24. The Balaban J connectivity index is 1.68. The number of amides is 3. The normalized spacial score (nSPS) is 20.1. The summed E-state index contributed by atoms with van der Waals surface area (Å²) in [6.45, 7) is 3.52. The molecular weight excluding hydrogens is 442 g/mol. The number of benzene rings is 2. The quantitative estimate of drug-likeness (QED) is 0.271. The average Bonchev–Trinajstić information content (AvgIpc) is 3.39. The molecule has 2 aromatic heterocycles. The van der Waals surface area contributed by atoms with Crippen LogP contribution in [0.15, 0.2) is 48.5 Å². The molecule has 4 aromatic rings. The fourth-order valence-corrected chi connectivity index (χ4v) is 4.92. The first-order valence-electron chi connectivity index (χ1n) is 11.9. The molecule has 0 fully saturated rings. The molecule has 3 amide bonds. The predicted molar refractivity (Wildman–Crippen MR) is 136 cm³/mol. The van der Waals surface area contributed by atoms with Crippen LogP contribution >= 0.6 is 0 Å². The topological polar surface area (TPSA) is 119 Å². The van der Waals surface area contributed by atoms with Gasteiger partial charge in [-0.2, -0.15) is 0 Å². The molecule has 8 heteroatoms. The average molecular weight is 472 g/mol. The molecule has 1 aliphatic rings. The van der Waals surface area contributed by atoms with Crippen molar-refractivity contribution in [2.75, 3.05) is 13.1 Å². The lowest BCUT2D eigenvalue weighted by atomic mass is 9.94. The van der Waals surface area contributed by atoms with Crippen molar-refractivity contribution in [3.8, 4) is 11.4 Å². The van der Waals surface area contributed by atoms with Crippen LogP contribution in [0.5, 0.6) is 0 Å². The standard InChI is InChI=1S/C27H29N5O3/c1-15-11-19-17-7-3-5-9-21(17)31-25(19)26-20(18-8-4-6-10-22(18)32-26)12-16(2)30-24(34)14-28-23(33)13-29-27(15)35/h3-10,15-16,31-32H,11-14H2,1-2H3,(H,28,33)(H,29,35)(H,30,34)/t15-,16+/m0/s1. The van der Waals surface area contributed by atoms with Crippen molar-refractivity contribution < 1.29 is 14.4 Å². The lowest BCUT2D eigenvalue weighted by Crippen LogP contribution is -2.45. The van der Waals surface area contributed by atoms with Crippen LogP contribution in [0.4, 0.5) is 0 Å². The number of aromatic nitrogens is 2. The lowest BCUT2D eigenvalue weighted by molar-refractivity contribution is -0.129. The highest BCUT2D eigenvalue weighted by Crippen LogP contribution is 2.37. The third kappa shape index (κ3) is 4.51. The minimum atomic E-state index is -0.396. The highest BCUT2D eigenvalue weighted by atomic mass is 16.2. The van der Waals surface area contributed by atoms with Crippen LogP contribution in [0.1, 0.15) is 25.0 Å². The smallest absolute Gasteiger partial charge is 0.239 e. The largest absolute Gasteiger partial charge is 0.353 e. The van der Waals surface area contributed by atoms with E-state index in [1.807, 2.05) is 50.2 Å². The van der Waals surface area contributed by atoms with Crippen LogP contribution < -0.4 is 16.0 Å². The molecular formula is C27H29N5O3. The van der Waals surface area contributed by atoms with Crippen LogP contribution in [0.2, 0.25) is 0 Å². The number of aromatic amines is 2. The van der Waals surface area contributed by atoms with E-state index in [1.54, 1.807) is 0 Å². The Kier molecular flexibility index (Phi) is 6.03. The molecule has 0 bridgehead atoms. The maximum Gasteiger partial charge on any atom is 0.239 e. The summed E-state index contributed by atoms with van der Waals surface area (Å²) in [7, 11) is 0. The molecule has 0 saturated carbocycles. The van der Waals surface area contributed by atoms with Gasteiger partial charge in [-0.15, -0.1) is 0 Å². The summed E-state index contributed by atoms with van der Waals surface area (Å²) >= 11 is 0. The number of carbonyl (C=O) groups excluding carboxylic acids is 3. The zero-order valence-corrected chi connectivity index (χ0v) is 19.8. The van der Waals surface area contributed by atoms with Gasteiger partial charge in [0, 0.05) is 33.8 Å². The summed E-state index contributed by atoms with van der Waals surface area (Å²) in [6.07, 6.45) is 1.11. The van der Waals surface area contributed by atoms with Crippen molar-refractivity contribution in [3.63, 3.8) is 0 Å². The molecule has 0 spiro atoms. The van der Waals surface area contributed by atoms with E-state index in [-0.39, 0.29) is 36.9 Å². The zero-order valence-electron chi connectivity index (χ0n) is 19.8. The van der Waals surface area contributed by atoms with Crippen molar-refractivity contribution in [2.24, 2.45) is 5.92 Å². The molecule has 5 rings (SSSR count). The van der Waals surface area contributed by atoms with Gasteiger partial charge in [-0.3, -0.25) is 14.4 Å². The van der Waals surface area contributed by atoms with E-state index < -0.39 is 5.91 Å². The van der Waals surface area contributed by atoms with Crippen LogP contribution in [0, 0.1) is 5.92 Å². The van der Waals surface area contributed by atoms with Crippen LogP contribution in [-0.2, 0) is 27.2 Å². The number of fused-ring (bicyclic) bond motifs is 7. The highest BCUT2D eigenvalue weighted by Gasteiger charge is 2.25. The predicted octanol–water partition coefficient (Wildman–Crippen LogP) is 2.79. The Hall–Kier alpha value is -4.07. The van der Waals surface area contributed by atoms with Crippen LogP contribution in [0.25, 0.3) is 33.2 Å². The van der Waals surface area contributed by atoms with Gasteiger partial charge in [-0.25, -0.2) is 0 Å². The first-order valence-corrected chi connectivity index (χ1v) is 11.9. The van der Waals surface area contributed by atoms with Gasteiger partial charge in [-0.05, 0) is 43.0 Å². The van der Waals surface area contributed by atoms with E-state index in [0.29, 0.717) is 12.8 Å². The number of para-hydroxylation sites is 2. The summed E-state index contributed by atoms with van der Waals surface area (Å²) in [5.41, 5.74) is 6.05. The van der Waals surface area contributed by atoms with Crippen LogP contribution in [0.3, 0.4) is 0 Å². The zero-order chi connectivity index (χ0) is 24.5. The van der Waals surface area contributed by atoms with Gasteiger partial charge in [-0.1, -0.05) is 43.3 Å². The van der Waals surface area contributed by atoms with Gasteiger partial charge in [0.1, 0.15) is 0 Å². The number of hydrogen-bond donors (Lipinski definition) is 5. The van der Waals surface area contributed by atoms with E-state index in [2.05, 4.69) is 38.1 Å². The molecule has 35 heavy (non-hydrogen) atoms. The molecule has 8 nitrogen and oxygen atoms in total. The molecule has 5 N–H and O–H groups in total. The third-order valence-corrected chi connectivity index (χ3v) is 6.62. The Labute approximate surface area is 202 Å². The monoisotopic (exact) mass is 471 g/mol. The van der Waals surface area contributed by atoms with Crippen LogP contribution in [-0.4, -0.2) is 46.8 Å². The fraction of sp³-hybridized carbons (Fsp3) is 0.296. The van der Waals surface area contributed by atoms with Crippen molar-refractivity contribution >= 4 is 39.5 Å². The molecule has 0 unspecified atom stereocenters. The van der Waals surface area contributed by atoms with E-state index in [0.717, 1.165) is 44.3 Å². The number of carbonyl (C=O) groups is 3. The van der Waals surface area contributed by atoms with Gasteiger partial charge in [0.05, 0.1) is 24.5 Å². The number of nitrogens with one attached hydrogen (secondary N) is 5. The van der Waals surface area contributed by atoms with Gasteiger partial charge in [0.25, 0.3) is 0 Å². The Morgan fingerprint density at radius 3 is 1.86 bits per heavy atom. The minimum Gasteiger partial charge on any atom is -0.353 e. The fourth-order valence-electron chi connectivity index (χ4n) is 4.92. The summed E-state index contributed by atoms with van der Waals surface area (Å²) in [5, 5.41) is 10.4. The van der Waals surface area contributed by atoms with Gasteiger partial charge < -0.3 is 25.9 Å². The SMILES string of the molecule is C[C@@H]1Cc2c([nH]c3ccccc23)-c2[nH]c3ccccc3c2C[C@H](C)C(=O)NCC(=O)NCC(=O)N1. The molecule has 1 aliphatic heterocycles. The Bertz CT molecular complexity index is 1430. The van der Waals surface area contributed by atoms with Gasteiger partial charge in [0.15, 0.2) is 0 Å². The van der Waals surface area contributed by atoms with E-state index in [9.17, 15) is 14.4 Å². The van der Waals surface area contributed by atoms with Gasteiger partial charge in [0.2, 0.25) is 17.7 Å². The van der Waals surface area contributed by atoms with Crippen molar-refractivity contribution in [1.29, 1.82) is 0 Å².